The van der Waals surface area contributed by atoms with Gasteiger partial charge in [0.05, 0.1) is 0 Å². The molecule has 122 valence electrons. The lowest BCUT2D eigenvalue weighted by molar-refractivity contribution is 0.238. The van der Waals surface area contributed by atoms with Crippen molar-refractivity contribution < 1.29 is 8.42 Å². The maximum atomic E-state index is 12.8. The first-order valence-electron chi connectivity index (χ1n) is 8.59. The molecule has 0 amide bonds. The van der Waals surface area contributed by atoms with E-state index in [4.69, 9.17) is 0 Å². The fourth-order valence-electron chi connectivity index (χ4n) is 4.14. The molecule has 2 atom stereocenters. The molecule has 2 heterocycles. The van der Waals surface area contributed by atoms with Crippen molar-refractivity contribution in [1.29, 1.82) is 0 Å². The Kier molecular flexibility index (Phi) is 4.88. The molecule has 0 radical (unpaired) electrons. The molecule has 3 aliphatic rings. The van der Waals surface area contributed by atoms with Gasteiger partial charge in [-0.3, -0.25) is 0 Å². The maximum Gasteiger partial charge on any atom is 0.282 e. The molecule has 3 rings (SSSR count). The van der Waals surface area contributed by atoms with E-state index in [0.29, 0.717) is 31.0 Å². The van der Waals surface area contributed by atoms with Crippen molar-refractivity contribution in [2.75, 3.05) is 32.7 Å². The van der Waals surface area contributed by atoms with E-state index in [2.05, 4.69) is 12.2 Å². The molecule has 21 heavy (non-hydrogen) atoms. The number of nitrogens with zero attached hydrogens (tertiary/aromatic N) is 2. The molecule has 0 aromatic rings. The molecule has 2 bridgehead atoms. The van der Waals surface area contributed by atoms with Gasteiger partial charge >= 0.3 is 0 Å². The van der Waals surface area contributed by atoms with E-state index in [1.54, 1.807) is 8.61 Å². The average molecular weight is 315 g/mol. The molecule has 2 unspecified atom stereocenters. The molecule has 2 saturated heterocycles. The summed E-state index contributed by atoms with van der Waals surface area (Å²) in [6.45, 7) is 6.45. The van der Waals surface area contributed by atoms with Gasteiger partial charge in [-0.2, -0.15) is 17.0 Å². The number of nitrogens with one attached hydrogen (secondary N) is 1. The third-order valence-electron chi connectivity index (χ3n) is 5.41. The Morgan fingerprint density at radius 2 is 1.90 bits per heavy atom. The predicted octanol–water partition coefficient (Wildman–Crippen LogP) is 1.43. The summed E-state index contributed by atoms with van der Waals surface area (Å²) in [6.07, 6.45) is 6.54. The Labute approximate surface area is 129 Å². The molecule has 5 nitrogen and oxygen atoms in total. The standard InChI is InChI=1S/C15H29N3O2S/c1-2-7-16-11-13-5-8-17(9-6-13)21(19,20)18-12-14-3-4-15(18)10-14/h13-16H,2-12H2,1H3. The molecule has 1 aliphatic carbocycles. The molecule has 2 aliphatic heterocycles. The highest BCUT2D eigenvalue weighted by atomic mass is 32.2. The summed E-state index contributed by atoms with van der Waals surface area (Å²) >= 11 is 0. The van der Waals surface area contributed by atoms with Crippen LogP contribution in [0.2, 0.25) is 0 Å². The molecule has 0 aromatic heterocycles. The summed E-state index contributed by atoms with van der Waals surface area (Å²) in [7, 11) is -3.19. The Morgan fingerprint density at radius 3 is 2.48 bits per heavy atom. The number of hydrogen-bond acceptors (Lipinski definition) is 3. The van der Waals surface area contributed by atoms with Crippen LogP contribution in [0.15, 0.2) is 0 Å². The van der Waals surface area contributed by atoms with Crippen LogP contribution in [0, 0.1) is 11.8 Å². The van der Waals surface area contributed by atoms with Crippen LogP contribution in [-0.2, 0) is 10.2 Å². The quantitative estimate of drug-likeness (QED) is 0.754. The van der Waals surface area contributed by atoms with E-state index >= 15 is 0 Å². The first-order chi connectivity index (χ1) is 10.1. The van der Waals surface area contributed by atoms with Gasteiger partial charge in [-0.1, -0.05) is 6.92 Å². The van der Waals surface area contributed by atoms with Crippen LogP contribution in [0.3, 0.4) is 0 Å². The van der Waals surface area contributed by atoms with Crippen LogP contribution in [0.4, 0.5) is 0 Å². The lowest BCUT2D eigenvalue weighted by Crippen LogP contribution is -2.50. The Balaban J connectivity index is 1.51. The number of fused-ring (bicyclic) bond motifs is 2. The van der Waals surface area contributed by atoms with Crippen molar-refractivity contribution in [1.82, 2.24) is 13.9 Å². The second-order valence-electron chi connectivity index (χ2n) is 6.96. The highest BCUT2D eigenvalue weighted by Crippen LogP contribution is 2.40. The number of rotatable bonds is 6. The second-order valence-corrected chi connectivity index (χ2v) is 8.84. The lowest BCUT2D eigenvalue weighted by Gasteiger charge is -2.36. The Hall–Kier alpha value is -0.170. The minimum absolute atomic E-state index is 0.295. The molecular weight excluding hydrogens is 286 g/mol. The summed E-state index contributed by atoms with van der Waals surface area (Å²) in [5, 5.41) is 3.46. The predicted molar refractivity (Wildman–Crippen MR) is 84.2 cm³/mol. The second kappa shape index (κ2) is 6.52. The van der Waals surface area contributed by atoms with Crippen molar-refractivity contribution in [3.63, 3.8) is 0 Å². The number of hydrogen-bond donors (Lipinski definition) is 1. The van der Waals surface area contributed by atoms with Gasteiger partial charge in [-0.25, -0.2) is 0 Å². The van der Waals surface area contributed by atoms with Gasteiger partial charge in [0.2, 0.25) is 0 Å². The highest BCUT2D eigenvalue weighted by Gasteiger charge is 2.46. The molecule has 1 saturated carbocycles. The summed E-state index contributed by atoms with van der Waals surface area (Å²) in [5.74, 6) is 1.26. The van der Waals surface area contributed by atoms with Crippen LogP contribution in [-0.4, -0.2) is 55.8 Å². The minimum Gasteiger partial charge on any atom is -0.316 e. The molecule has 1 N–H and O–H groups in total. The van der Waals surface area contributed by atoms with Gasteiger partial charge < -0.3 is 5.32 Å². The van der Waals surface area contributed by atoms with E-state index in [0.717, 1.165) is 51.7 Å². The van der Waals surface area contributed by atoms with Gasteiger partial charge in [0.25, 0.3) is 10.2 Å². The van der Waals surface area contributed by atoms with Crippen molar-refractivity contribution in [2.45, 2.75) is 51.5 Å². The van der Waals surface area contributed by atoms with Crippen LogP contribution >= 0.6 is 0 Å². The summed E-state index contributed by atoms with van der Waals surface area (Å²) in [5.41, 5.74) is 0. The van der Waals surface area contributed by atoms with Crippen LogP contribution in [0.5, 0.6) is 0 Å². The average Bonchev–Trinajstić information content (AvgIpc) is 3.11. The normalized spacial score (nSPS) is 32.0. The van der Waals surface area contributed by atoms with Crippen LogP contribution in [0.25, 0.3) is 0 Å². The summed E-state index contributed by atoms with van der Waals surface area (Å²) in [6, 6.07) is 0.295. The van der Waals surface area contributed by atoms with E-state index in [9.17, 15) is 8.42 Å². The van der Waals surface area contributed by atoms with Crippen LogP contribution < -0.4 is 5.32 Å². The van der Waals surface area contributed by atoms with E-state index in [1.165, 1.54) is 6.42 Å². The van der Waals surface area contributed by atoms with Crippen molar-refractivity contribution in [3.8, 4) is 0 Å². The first kappa shape index (κ1) is 15.7. The minimum atomic E-state index is -3.19. The largest absolute Gasteiger partial charge is 0.316 e. The smallest absolute Gasteiger partial charge is 0.282 e. The maximum absolute atomic E-state index is 12.8. The monoisotopic (exact) mass is 315 g/mol. The Bertz CT molecular complexity index is 446. The third kappa shape index (κ3) is 3.28. The number of piperidine rings is 2. The fraction of sp³-hybridized carbons (Fsp3) is 1.00. The zero-order chi connectivity index (χ0) is 14.9. The molecule has 0 aromatic carbocycles. The van der Waals surface area contributed by atoms with Gasteiger partial charge in [-0.15, -0.1) is 0 Å². The zero-order valence-corrected chi connectivity index (χ0v) is 13.9. The van der Waals surface area contributed by atoms with Gasteiger partial charge in [0.15, 0.2) is 0 Å². The van der Waals surface area contributed by atoms with Crippen molar-refractivity contribution in [3.05, 3.63) is 0 Å². The van der Waals surface area contributed by atoms with Gasteiger partial charge in [0, 0.05) is 25.7 Å². The van der Waals surface area contributed by atoms with E-state index in [1.807, 2.05) is 0 Å². The lowest BCUT2D eigenvalue weighted by atomic mass is 9.98. The molecule has 0 spiro atoms. The SMILES string of the molecule is CCCNCC1CCN(S(=O)(=O)N2CC3CCC2C3)CC1. The third-order valence-corrected chi connectivity index (χ3v) is 7.47. The van der Waals surface area contributed by atoms with E-state index < -0.39 is 10.2 Å². The van der Waals surface area contributed by atoms with Gasteiger partial charge in [0.1, 0.15) is 0 Å². The summed E-state index contributed by atoms with van der Waals surface area (Å²) < 4.78 is 29.1. The van der Waals surface area contributed by atoms with Crippen LogP contribution in [0.1, 0.15) is 45.4 Å². The topological polar surface area (TPSA) is 52.7 Å². The molecule has 6 heteroatoms. The first-order valence-corrected chi connectivity index (χ1v) is 9.98. The molecule has 3 fully saturated rings. The fourth-order valence-corrected chi connectivity index (χ4v) is 6.07. The van der Waals surface area contributed by atoms with Crippen molar-refractivity contribution in [2.24, 2.45) is 11.8 Å². The zero-order valence-electron chi connectivity index (χ0n) is 13.1. The van der Waals surface area contributed by atoms with Gasteiger partial charge in [-0.05, 0) is 63.5 Å². The highest BCUT2D eigenvalue weighted by molar-refractivity contribution is 7.86. The Morgan fingerprint density at radius 1 is 1.14 bits per heavy atom. The summed E-state index contributed by atoms with van der Waals surface area (Å²) in [4.78, 5) is 0. The van der Waals surface area contributed by atoms with Crippen molar-refractivity contribution >= 4 is 10.2 Å². The molecular formula is C15H29N3O2S. The van der Waals surface area contributed by atoms with E-state index in [-0.39, 0.29) is 0 Å².